The van der Waals surface area contributed by atoms with Crippen molar-refractivity contribution in [2.24, 2.45) is 5.92 Å². The molecule has 1 aliphatic rings. The molecule has 0 aliphatic carbocycles. The van der Waals surface area contributed by atoms with Crippen molar-refractivity contribution in [3.8, 4) is 5.75 Å². The van der Waals surface area contributed by atoms with Crippen molar-refractivity contribution < 1.29 is 22.7 Å². The molecule has 0 radical (unpaired) electrons. The summed E-state index contributed by atoms with van der Waals surface area (Å²) >= 11 is 0. The van der Waals surface area contributed by atoms with Crippen LogP contribution in [-0.4, -0.2) is 37.3 Å². The van der Waals surface area contributed by atoms with Crippen LogP contribution in [-0.2, 0) is 11.3 Å². The fourth-order valence-corrected chi connectivity index (χ4v) is 1.97. The molecule has 1 amide bonds. The van der Waals surface area contributed by atoms with E-state index in [0.717, 1.165) is 0 Å². The summed E-state index contributed by atoms with van der Waals surface area (Å²) in [5, 5.41) is 3.00. The van der Waals surface area contributed by atoms with Gasteiger partial charge in [0.2, 0.25) is 5.91 Å². The van der Waals surface area contributed by atoms with Gasteiger partial charge in [-0.1, -0.05) is 12.1 Å². The molecule has 0 unspecified atom stereocenters. The van der Waals surface area contributed by atoms with Gasteiger partial charge in [0, 0.05) is 26.7 Å². The van der Waals surface area contributed by atoms with Crippen molar-refractivity contribution in [1.29, 1.82) is 0 Å². The molecule has 0 bridgehead atoms. The Hall–Kier alpha value is -1.47. The fourth-order valence-electron chi connectivity index (χ4n) is 1.97. The van der Waals surface area contributed by atoms with Crippen LogP contribution in [0.5, 0.6) is 5.75 Å². The summed E-state index contributed by atoms with van der Waals surface area (Å²) in [6.07, 6.45) is -4.71. The molecular formula is C13H16ClF3N2O2. The lowest BCUT2D eigenvalue weighted by atomic mass is 10.0. The van der Waals surface area contributed by atoms with Crippen LogP contribution in [0.1, 0.15) is 5.56 Å². The highest BCUT2D eigenvalue weighted by atomic mass is 35.5. The first kappa shape index (κ1) is 17.6. The number of alkyl halides is 3. The molecule has 0 atom stereocenters. The van der Waals surface area contributed by atoms with Crippen LogP contribution in [0.15, 0.2) is 24.3 Å². The second kappa shape index (κ2) is 7.00. The first-order valence-corrected chi connectivity index (χ1v) is 6.15. The average molecular weight is 325 g/mol. The van der Waals surface area contributed by atoms with Crippen LogP contribution in [0.25, 0.3) is 0 Å². The summed E-state index contributed by atoms with van der Waals surface area (Å²) in [6, 6.07) is 5.65. The molecule has 1 N–H and O–H groups in total. The minimum Gasteiger partial charge on any atom is -0.406 e. The van der Waals surface area contributed by atoms with E-state index < -0.39 is 6.36 Å². The number of nitrogens with zero attached hydrogens (tertiary/aromatic N) is 1. The number of carbonyl (C=O) groups is 1. The molecule has 0 aromatic heterocycles. The number of halogens is 4. The smallest absolute Gasteiger partial charge is 0.406 e. The van der Waals surface area contributed by atoms with Gasteiger partial charge in [0.15, 0.2) is 0 Å². The summed E-state index contributed by atoms with van der Waals surface area (Å²) in [6.45, 7) is 1.56. The molecular weight excluding hydrogens is 309 g/mol. The Morgan fingerprint density at radius 3 is 2.62 bits per heavy atom. The Labute approximate surface area is 126 Å². The molecule has 0 saturated carbocycles. The molecule has 1 fully saturated rings. The van der Waals surface area contributed by atoms with E-state index in [9.17, 15) is 18.0 Å². The lowest BCUT2D eigenvalue weighted by Crippen LogP contribution is -2.50. The highest BCUT2D eigenvalue weighted by Crippen LogP contribution is 2.23. The fraction of sp³-hybridized carbons (Fsp3) is 0.462. The largest absolute Gasteiger partial charge is 0.573 e. The Bertz CT molecular complexity index is 493. The minimum absolute atomic E-state index is 0. The zero-order valence-electron chi connectivity index (χ0n) is 11.3. The van der Waals surface area contributed by atoms with Crippen molar-refractivity contribution >= 4 is 18.3 Å². The third-order valence-corrected chi connectivity index (χ3v) is 3.06. The van der Waals surface area contributed by atoms with Gasteiger partial charge in [0.05, 0.1) is 5.92 Å². The molecule has 21 heavy (non-hydrogen) atoms. The van der Waals surface area contributed by atoms with Crippen molar-refractivity contribution in [2.45, 2.75) is 12.9 Å². The molecule has 4 nitrogen and oxygen atoms in total. The third kappa shape index (κ3) is 5.09. The van der Waals surface area contributed by atoms with Crippen LogP contribution in [0.4, 0.5) is 13.2 Å². The minimum atomic E-state index is -4.71. The van der Waals surface area contributed by atoms with Gasteiger partial charge in [-0.05, 0) is 17.7 Å². The monoisotopic (exact) mass is 324 g/mol. The van der Waals surface area contributed by atoms with Gasteiger partial charge in [-0.2, -0.15) is 0 Å². The highest BCUT2D eigenvalue weighted by molar-refractivity contribution is 5.85. The molecule has 1 heterocycles. The van der Waals surface area contributed by atoms with Crippen LogP contribution < -0.4 is 10.1 Å². The highest BCUT2D eigenvalue weighted by Gasteiger charge is 2.31. The second-order valence-corrected chi connectivity index (χ2v) is 4.74. The average Bonchev–Trinajstić information content (AvgIpc) is 2.24. The first-order valence-electron chi connectivity index (χ1n) is 6.15. The van der Waals surface area contributed by atoms with E-state index in [4.69, 9.17) is 0 Å². The topological polar surface area (TPSA) is 41.6 Å². The van der Waals surface area contributed by atoms with Crippen molar-refractivity contribution in [1.82, 2.24) is 10.2 Å². The standard InChI is InChI=1S/C13H15F3N2O2.ClH/c1-18(12(19)10-6-17-7-10)8-9-3-2-4-11(5-9)20-13(14,15)16;/h2-5,10,17H,6-8H2,1H3;1H. The number of benzene rings is 1. The maximum absolute atomic E-state index is 12.1. The van der Waals surface area contributed by atoms with Crippen LogP contribution >= 0.6 is 12.4 Å². The van der Waals surface area contributed by atoms with E-state index >= 15 is 0 Å². The van der Waals surface area contributed by atoms with E-state index in [0.29, 0.717) is 18.7 Å². The van der Waals surface area contributed by atoms with Gasteiger partial charge in [0.25, 0.3) is 0 Å². The first-order chi connectivity index (χ1) is 9.35. The van der Waals surface area contributed by atoms with E-state index in [-0.39, 0.29) is 36.5 Å². The molecule has 118 valence electrons. The second-order valence-electron chi connectivity index (χ2n) is 4.74. The summed E-state index contributed by atoms with van der Waals surface area (Å²) < 4.78 is 40.2. The van der Waals surface area contributed by atoms with E-state index in [1.165, 1.54) is 23.1 Å². The predicted octanol–water partition coefficient (Wildman–Crippen LogP) is 2.18. The van der Waals surface area contributed by atoms with E-state index in [1.807, 2.05) is 0 Å². The maximum Gasteiger partial charge on any atom is 0.573 e. The third-order valence-electron chi connectivity index (χ3n) is 3.06. The number of carbonyl (C=O) groups excluding carboxylic acids is 1. The Morgan fingerprint density at radius 2 is 2.10 bits per heavy atom. The van der Waals surface area contributed by atoms with Gasteiger partial charge < -0.3 is 15.0 Å². The predicted molar refractivity (Wildman–Crippen MR) is 73.2 cm³/mol. The molecule has 1 aromatic carbocycles. The molecule has 1 saturated heterocycles. The molecule has 0 spiro atoms. The number of ether oxygens (including phenoxy) is 1. The summed E-state index contributed by atoms with van der Waals surface area (Å²) in [7, 11) is 1.64. The normalized spacial score (nSPS) is 14.9. The van der Waals surface area contributed by atoms with E-state index in [1.54, 1.807) is 13.1 Å². The quantitative estimate of drug-likeness (QED) is 0.923. The maximum atomic E-state index is 12.1. The van der Waals surface area contributed by atoms with Gasteiger partial charge in [-0.3, -0.25) is 4.79 Å². The lowest BCUT2D eigenvalue weighted by molar-refractivity contribution is -0.274. The summed E-state index contributed by atoms with van der Waals surface area (Å²) in [4.78, 5) is 13.4. The van der Waals surface area contributed by atoms with Crippen molar-refractivity contribution in [3.63, 3.8) is 0 Å². The molecule has 1 aromatic rings. The summed E-state index contributed by atoms with van der Waals surface area (Å²) in [5.74, 6) is -0.318. The Kier molecular flexibility index (Phi) is 5.86. The van der Waals surface area contributed by atoms with Crippen LogP contribution in [0.2, 0.25) is 0 Å². The number of rotatable bonds is 4. The van der Waals surface area contributed by atoms with Gasteiger partial charge >= 0.3 is 6.36 Å². The van der Waals surface area contributed by atoms with Gasteiger partial charge in [-0.25, -0.2) is 0 Å². The zero-order valence-corrected chi connectivity index (χ0v) is 12.1. The van der Waals surface area contributed by atoms with Gasteiger partial charge in [0.1, 0.15) is 5.75 Å². The van der Waals surface area contributed by atoms with Crippen LogP contribution in [0, 0.1) is 5.92 Å². The Balaban J connectivity index is 0.00000220. The van der Waals surface area contributed by atoms with Gasteiger partial charge in [-0.15, -0.1) is 25.6 Å². The number of hydrogen-bond acceptors (Lipinski definition) is 3. The zero-order chi connectivity index (χ0) is 14.8. The molecule has 8 heteroatoms. The van der Waals surface area contributed by atoms with E-state index in [2.05, 4.69) is 10.1 Å². The molecule has 2 rings (SSSR count). The number of amides is 1. The van der Waals surface area contributed by atoms with Crippen molar-refractivity contribution in [3.05, 3.63) is 29.8 Å². The van der Waals surface area contributed by atoms with Crippen molar-refractivity contribution in [2.75, 3.05) is 20.1 Å². The molecule has 1 aliphatic heterocycles. The number of hydrogen-bond donors (Lipinski definition) is 1. The SMILES string of the molecule is CN(Cc1cccc(OC(F)(F)F)c1)C(=O)C1CNC1.Cl. The summed E-state index contributed by atoms with van der Waals surface area (Å²) in [5.41, 5.74) is 0.592. The number of nitrogens with one attached hydrogen (secondary N) is 1. The Morgan fingerprint density at radius 1 is 1.43 bits per heavy atom. The van der Waals surface area contributed by atoms with Crippen LogP contribution in [0.3, 0.4) is 0 Å². The lowest BCUT2D eigenvalue weighted by Gasteiger charge is -2.30.